The normalized spacial score (nSPS) is 17.8. The number of rotatable bonds is 2. The zero-order chi connectivity index (χ0) is 13.2. The molecule has 0 aliphatic carbocycles. The van der Waals surface area contributed by atoms with Crippen LogP contribution in [-0.2, 0) is 17.8 Å². The molecule has 0 aromatic carbocycles. The average Bonchev–Trinajstić information content (AvgIpc) is 2.88. The van der Waals surface area contributed by atoms with E-state index >= 15 is 0 Å². The fourth-order valence-electron chi connectivity index (χ4n) is 2.13. The minimum atomic E-state index is -0.253. The number of aromatic nitrogens is 3. The van der Waals surface area contributed by atoms with E-state index in [2.05, 4.69) is 25.6 Å². The molecule has 1 amide bonds. The Hall–Kier alpha value is -2.21. The number of fused-ring (bicyclic) bond motifs is 1. The van der Waals surface area contributed by atoms with Gasteiger partial charge in [-0.1, -0.05) is 0 Å². The molecule has 19 heavy (non-hydrogen) atoms. The summed E-state index contributed by atoms with van der Waals surface area (Å²) in [6, 6.07) is 3.47. The van der Waals surface area contributed by atoms with Crippen LogP contribution in [0.25, 0.3) is 0 Å². The van der Waals surface area contributed by atoms with Crippen LogP contribution in [0.5, 0.6) is 0 Å². The van der Waals surface area contributed by atoms with E-state index in [0.29, 0.717) is 18.7 Å². The van der Waals surface area contributed by atoms with Crippen molar-refractivity contribution < 1.29 is 4.79 Å². The van der Waals surface area contributed by atoms with Crippen LogP contribution < -0.4 is 10.6 Å². The second-order valence-corrected chi connectivity index (χ2v) is 4.64. The van der Waals surface area contributed by atoms with Gasteiger partial charge in [-0.15, -0.1) is 0 Å². The largest absolute Gasteiger partial charge is 0.347 e. The lowest BCUT2D eigenvalue weighted by molar-refractivity contribution is -0.118. The van der Waals surface area contributed by atoms with Gasteiger partial charge >= 0.3 is 0 Å². The number of carbonyl (C=O) groups is 1. The SMILES string of the molecule is Cc1ccc(NC(=O)C2Cc3nc[nH]c3CN2)cn1. The van der Waals surface area contributed by atoms with Crippen LogP contribution in [-0.4, -0.2) is 26.9 Å². The standard InChI is InChI=1S/C13H15N5O/c1-8-2-3-9(5-14-8)18-13(19)11-4-10-12(6-15-11)17-7-16-10/h2-3,5,7,11,15H,4,6H2,1H3,(H,16,17)(H,18,19). The molecule has 1 aliphatic rings. The van der Waals surface area contributed by atoms with Gasteiger partial charge in [0.1, 0.15) is 0 Å². The summed E-state index contributed by atoms with van der Waals surface area (Å²) in [7, 11) is 0. The molecule has 6 nitrogen and oxygen atoms in total. The van der Waals surface area contributed by atoms with Gasteiger partial charge in [-0.05, 0) is 19.1 Å². The van der Waals surface area contributed by atoms with Crippen molar-refractivity contribution in [3.63, 3.8) is 0 Å². The zero-order valence-electron chi connectivity index (χ0n) is 10.6. The lowest BCUT2D eigenvalue weighted by Crippen LogP contribution is -2.44. The maximum atomic E-state index is 12.1. The van der Waals surface area contributed by atoms with E-state index in [-0.39, 0.29) is 11.9 Å². The number of carbonyl (C=O) groups excluding carboxylic acids is 1. The average molecular weight is 257 g/mol. The number of aryl methyl sites for hydroxylation is 1. The molecule has 1 aliphatic heterocycles. The van der Waals surface area contributed by atoms with Crippen molar-refractivity contribution in [2.45, 2.75) is 25.9 Å². The number of anilines is 1. The van der Waals surface area contributed by atoms with Crippen molar-refractivity contribution in [1.82, 2.24) is 20.3 Å². The molecule has 0 spiro atoms. The highest BCUT2D eigenvalue weighted by Crippen LogP contribution is 2.14. The third-order valence-corrected chi connectivity index (χ3v) is 3.23. The number of hydrogen-bond acceptors (Lipinski definition) is 4. The van der Waals surface area contributed by atoms with Crippen molar-refractivity contribution in [3.05, 3.63) is 41.7 Å². The number of pyridine rings is 1. The minimum Gasteiger partial charge on any atom is -0.347 e. The molecule has 98 valence electrons. The highest BCUT2D eigenvalue weighted by molar-refractivity contribution is 5.95. The molecule has 1 atom stereocenters. The van der Waals surface area contributed by atoms with Crippen molar-refractivity contribution in [3.8, 4) is 0 Å². The molecule has 2 aromatic rings. The number of amides is 1. The fraction of sp³-hybridized carbons (Fsp3) is 0.308. The fourth-order valence-corrected chi connectivity index (χ4v) is 2.13. The van der Waals surface area contributed by atoms with E-state index in [4.69, 9.17) is 0 Å². The summed E-state index contributed by atoms with van der Waals surface area (Å²) in [4.78, 5) is 23.6. The molecule has 1 unspecified atom stereocenters. The van der Waals surface area contributed by atoms with E-state index in [0.717, 1.165) is 17.1 Å². The number of H-pyrrole nitrogens is 1. The lowest BCUT2D eigenvalue weighted by atomic mass is 10.0. The van der Waals surface area contributed by atoms with E-state index in [1.165, 1.54) is 0 Å². The number of imidazole rings is 1. The summed E-state index contributed by atoms with van der Waals surface area (Å²) in [5.41, 5.74) is 3.65. The Kier molecular flexibility index (Phi) is 3.00. The maximum Gasteiger partial charge on any atom is 0.241 e. The molecule has 0 saturated carbocycles. The number of nitrogens with one attached hydrogen (secondary N) is 3. The Morgan fingerprint density at radius 3 is 3.11 bits per heavy atom. The van der Waals surface area contributed by atoms with Gasteiger partial charge in [0.05, 0.1) is 35.6 Å². The zero-order valence-corrected chi connectivity index (χ0v) is 10.6. The Morgan fingerprint density at radius 2 is 2.32 bits per heavy atom. The molecule has 3 N–H and O–H groups in total. The molecule has 3 rings (SSSR count). The highest BCUT2D eigenvalue weighted by Gasteiger charge is 2.25. The Bertz CT molecular complexity index is 589. The number of hydrogen-bond donors (Lipinski definition) is 3. The van der Waals surface area contributed by atoms with Gasteiger partial charge in [0.2, 0.25) is 5.91 Å². The van der Waals surface area contributed by atoms with Crippen LogP contribution in [0.2, 0.25) is 0 Å². The van der Waals surface area contributed by atoms with E-state index in [1.54, 1.807) is 12.5 Å². The van der Waals surface area contributed by atoms with Crippen molar-refractivity contribution in [2.75, 3.05) is 5.32 Å². The monoisotopic (exact) mass is 257 g/mol. The van der Waals surface area contributed by atoms with Crippen molar-refractivity contribution in [1.29, 1.82) is 0 Å². The van der Waals surface area contributed by atoms with Crippen molar-refractivity contribution in [2.24, 2.45) is 0 Å². The van der Waals surface area contributed by atoms with Gasteiger partial charge in [0, 0.05) is 18.7 Å². The summed E-state index contributed by atoms with van der Waals surface area (Å²) in [5, 5.41) is 6.05. The number of aromatic amines is 1. The molecule has 0 bridgehead atoms. The molecule has 0 saturated heterocycles. The first-order valence-electron chi connectivity index (χ1n) is 6.20. The highest BCUT2D eigenvalue weighted by atomic mass is 16.2. The first-order chi connectivity index (χ1) is 9.22. The van der Waals surface area contributed by atoms with Crippen LogP contribution in [0.15, 0.2) is 24.7 Å². The van der Waals surface area contributed by atoms with Crippen LogP contribution >= 0.6 is 0 Å². The van der Waals surface area contributed by atoms with E-state index < -0.39 is 0 Å². The van der Waals surface area contributed by atoms with Crippen LogP contribution in [0.4, 0.5) is 5.69 Å². The molecule has 0 radical (unpaired) electrons. The Labute approximate surface area is 110 Å². The van der Waals surface area contributed by atoms with Crippen LogP contribution in [0.3, 0.4) is 0 Å². The topological polar surface area (TPSA) is 82.7 Å². The quantitative estimate of drug-likeness (QED) is 0.742. The van der Waals surface area contributed by atoms with Gasteiger partial charge in [0.15, 0.2) is 0 Å². The summed E-state index contributed by atoms with van der Waals surface area (Å²) >= 11 is 0. The third-order valence-electron chi connectivity index (χ3n) is 3.23. The van der Waals surface area contributed by atoms with Crippen molar-refractivity contribution >= 4 is 11.6 Å². The molecule has 6 heteroatoms. The molecular formula is C13H15N5O. The van der Waals surface area contributed by atoms with Gasteiger partial charge < -0.3 is 10.3 Å². The van der Waals surface area contributed by atoms with Gasteiger partial charge in [-0.3, -0.25) is 15.1 Å². The first-order valence-corrected chi connectivity index (χ1v) is 6.20. The summed E-state index contributed by atoms with van der Waals surface area (Å²) in [5.74, 6) is -0.0562. The lowest BCUT2D eigenvalue weighted by Gasteiger charge is -2.22. The van der Waals surface area contributed by atoms with E-state index in [1.807, 2.05) is 19.1 Å². The molecule has 2 aromatic heterocycles. The summed E-state index contributed by atoms with van der Waals surface area (Å²) in [6.07, 6.45) is 3.93. The molecular weight excluding hydrogens is 242 g/mol. The van der Waals surface area contributed by atoms with Crippen LogP contribution in [0, 0.1) is 6.92 Å². The maximum absolute atomic E-state index is 12.1. The van der Waals surface area contributed by atoms with Gasteiger partial charge in [-0.2, -0.15) is 0 Å². The Balaban J connectivity index is 1.67. The second-order valence-electron chi connectivity index (χ2n) is 4.64. The summed E-state index contributed by atoms with van der Waals surface area (Å²) < 4.78 is 0. The number of nitrogens with zero attached hydrogens (tertiary/aromatic N) is 2. The smallest absolute Gasteiger partial charge is 0.241 e. The molecule has 0 fully saturated rings. The van der Waals surface area contributed by atoms with E-state index in [9.17, 15) is 4.79 Å². The Morgan fingerprint density at radius 1 is 1.42 bits per heavy atom. The predicted molar refractivity (Wildman–Crippen MR) is 70.5 cm³/mol. The summed E-state index contributed by atoms with van der Waals surface area (Å²) in [6.45, 7) is 2.55. The van der Waals surface area contributed by atoms with Gasteiger partial charge in [0.25, 0.3) is 0 Å². The third kappa shape index (κ3) is 2.48. The van der Waals surface area contributed by atoms with Gasteiger partial charge in [-0.25, -0.2) is 4.98 Å². The van der Waals surface area contributed by atoms with Crippen LogP contribution in [0.1, 0.15) is 17.1 Å². The molecule has 3 heterocycles. The first kappa shape index (κ1) is 11.9. The second kappa shape index (κ2) is 4.81. The minimum absolute atomic E-state index is 0.0562. The predicted octanol–water partition coefficient (Wildman–Crippen LogP) is 0.766.